The number of amides is 1. The Kier molecular flexibility index (Phi) is 5.78. The Bertz CT molecular complexity index is 448. The monoisotopic (exact) mass is 292 g/mol. The van der Waals surface area contributed by atoms with Crippen LogP contribution in [0.4, 0.5) is 13.2 Å². The fourth-order valence-electron chi connectivity index (χ4n) is 1.48. The minimum atomic E-state index is -4.79. The van der Waals surface area contributed by atoms with Gasteiger partial charge in [-0.1, -0.05) is 18.2 Å². The van der Waals surface area contributed by atoms with E-state index in [0.29, 0.717) is 0 Å². The molecule has 0 aliphatic rings. The Labute approximate surface area is 113 Å². The van der Waals surface area contributed by atoms with Crippen LogP contribution in [0.1, 0.15) is 5.56 Å². The molecule has 1 amide bonds. The lowest BCUT2D eigenvalue weighted by Gasteiger charge is -2.15. The molecule has 1 aromatic rings. The van der Waals surface area contributed by atoms with Crippen molar-refractivity contribution in [2.45, 2.75) is 19.0 Å². The summed E-state index contributed by atoms with van der Waals surface area (Å²) in [6.07, 6.45) is -5.63. The summed E-state index contributed by atoms with van der Waals surface area (Å²) < 4.78 is 45.3. The van der Waals surface area contributed by atoms with Gasteiger partial charge in [0.1, 0.15) is 11.9 Å². The highest BCUT2D eigenvalue weighted by Crippen LogP contribution is 2.26. The average Bonchev–Trinajstić information content (AvgIpc) is 2.37. The second kappa shape index (κ2) is 7.11. The predicted octanol–water partition coefficient (Wildman–Crippen LogP) is 1.18. The molecular weight excluding hydrogens is 277 g/mol. The van der Waals surface area contributed by atoms with Gasteiger partial charge in [-0.2, -0.15) is 0 Å². The number of hydrogen-bond donors (Lipinski definition) is 2. The Morgan fingerprint density at radius 2 is 2.05 bits per heavy atom. The number of para-hydroxylation sites is 1. The standard InChI is InChI=1S/C12H15F3N2O3/c1-19-10(6-16)11(18)17-7-8-4-2-3-5-9(8)20-12(13,14)15/h2-5,10H,6-7,16H2,1H3,(H,17,18). The third-order valence-electron chi connectivity index (χ3n) is 2.44. The lowest BCUT2D eigenvalue weighted by atomic mass is 10.2. The number of nitrogens with two attached hydrogens (primary N) is 1. The third kappa shape index (κ3) is 5.06. The van der Waals surface area contributed by atoms with Crippen LogP contribution in [0.5, 0.6) is 5.75 Å². The molecule has 8 heteroatoms. The molecular formula is C12H15F3N2O3. The summed E-state index contributed by atoms with van der Waals surface area (Å²) in [6.45, 7) is -0.145. The van der Waals surface area contributed by atoms with Crippen LogP contribution in [-0.2, 0) is 16.1 Å². The highest BCUT2D eigenvalue weighted by molar-refractivity contribution is 5.81. The van der Waals surface area contributed by atoms with Crippen LogP contribution >= 0.6 is 0 Å². The van der Waals surface area contributed by atoms with Crippen molar-refractivity contribution in [2.75, 3.05) is 13.7 Å². The van der Waals surface area contributed by atoms with Crippen molar-refractivity contribution < 1.29 is 27.4 Å². The Hall–Kier alpha value is -1.80. The summed E-state index contributed by atoms with van der Waals surface area (Å²) in [5.74, 6) is -0.862. The van der Waals surface area contributed by atoms with Crippen molar-refractivity contribution in [1.82, 2.24) is 5.32 Å². The molecule has 0 spiro atoms. The van der Waals surface area contributed by atoms with Crippen molar-refractivity contribution in [3.8, 4) is 5.75 Å². The number of benzene rings is 1. The van der Waals surface area contributed by atoms with E-state index in [1.807, 2.05) is 0 Å². The first kappa shape index (κ1) is 16.3. The van der Waals surface area contributed by atoms with E-state index in [4.69, 9.17) is 10.5 Å². The van der Waals surface area contributed by atoms with Crippen LogP contribution in [-0.4, -0.2) is 32.0 Å². The maximum absolute atomic E-state index is 12.2. The molecule has 1 atom stereocenters. The lowest BCUT2D eigenvalue weighted by molar-refractivity contribution is -0.274. The summed E-state index contributed by atoms with van der Waals surface area (Å²) >= 11 is 0. The number of carbonyl (C=O) groups is 1. The Morgan fingerprint density at radius 1 is 1.40 bits per heavy atom. The number of carbonyl (C=O) groups excluding carboxylic acids is 1. The summed E-state index contributed by atoms with van der Waals surface area (Å²) in [6, 6.07) is 5.54. The van der Waals surface area contributed by atoms with Crippen LogP contribution in [0.2, 0.25) is 0 Å². The first-order chi connectivity index (χ1) is 9.37. The van der Waals surface area contributed by atoms with E-state index in [9.17, 15) is 18.0 Å². The topological polar surface area (TPSA) is 73.6 Å². The molecule has 0 saturated carbocycles. The third-order valence-corrected chi connectivity index (χ3v) is 2.44. The van der Waals surface area contributed by atoms with Gasteiger partial charge in [-0.3, -0.25) is 4.79 Å². The van der Waals surface area contributed by atoms with Gasteiger partial charge in [0.2, 0.25) is 0 Å². The SMILES string of the molecule is COC(CN)C(=O)NCc1ccccc1OC(F)(F)F. The van der Waals surface area contributed by atoms with Crippen LogP contribution < -0.4 is 15.8 Å². The number of ether oxygens (including phenoxy) is 2. The van der Waals surface area contributed by atoms with Crippen molar-refractivity contribution in [2.24, 2.45) is 5.73 Å². The van der Waals surface area contributed by atoms with Gasteiger partial charge in [-0.05, 0) is 6.07 Å². The molecule has 1 rings (SSSR count). The van der Waals surface area contributed by atoms with Gasteiger partial charge in [-0.15, -0.1) is 13.2 Å². The molecule has 0 bridgehead atoms. The van der Waals surface area contributed by atoms with E-state index in [0.717, 1.165) is 0 Å². The van der Waals surface area contributed by atoms with E-state index in [1.54, 1.807) is 6.07 Å². The molecule has 0 aliphatic heterocycles. The molecule has 0 aliphatic carbocycles. The number of rotatable bonds is 6. The Morgan fingerprint density at radius 3 is 2.60 bits per heavy atom. The first-order valence-electron chi connectivity index (χ1n) is 5.71. The van der Waals surface area contributed by atoms with Crippen LogP contribution in [0.3, 0.4) is 0 Å². The predicted molar refractivity (Wildman–Crippen MR) is 64.8 cm³/mol. The molecule has 0 heterocycles. The molecule has 20 heavy (non-hydrogen) atoms. The van der Waals surface area contributed by atoms with Crippen molar-refractivity contribution in [1.29, 1.82) is 0 Å². The number of nitrogens with one attached hydrogen (secondary N) is 1. The van der Waals surface area contributed by atoms with Gasteiger partial charge in [0.25, 0.3) is 5.91 Å². The highest BCUT2D eigenvalue weighted by Gasteiger charge is 2.32. The minimum Gasteiger partial charge on any atom is -0.405 e. The normalized spacial score (nSPS) is 12.8. The van der Waals surface area contributed by atoms with Gasteiger partial charge in [0, 0.05) is 25.8 Å². The maximum Gasteiger partial charge on any atom is 0.573 e. The zero-order valence-corrected chi connectivity index (χ0v) is 10.7. The smallest absolute Gasteiger partial charge is 0.405 e. The molecule has 112 valence electrons. The molecule has 0 aromatic heterocycles. The fourth-order valence-corrected chi connectivity index (χ4v) is 1.48. The fraction of sp³-hybridized carbons (Fsp3) is 0.417. The lowest BCUT2D eigenvalue weighted by Crippen LogP contribution is -2.40. The Balaban J connectivity index is 2.71. The largest absolute Gasteiger partial charge is 0.573 e. The van der Waals surface area contributed by atoms with Crippen molar-refractivity contribution >= 4 is 5.91 Å². The molecule has 3 N–H and O–H groups in total. The molecule has 1 aromatic carbocycles. The van der Waals surface area contributed by atoms with Crippen LogP contribution in [0.25, 0.3) is 0 Å². The summed E-state index contributed by atoms with van der Waals surface area (Å²) in [4.78, 5) is 11.6. The van der Waals surface area contributed by atoms with Gasteiger partial charge in [0.15, 0.2) is 0 Å². The molecule has 0 radical (unpaired) electrons. The van der Waals surface area contributed by atoms with Gasteiger partial charge >= 0.3 is 6.36 Å². The number of halogens is 3. The van der Waals surface area contributed by atoms with E-state index in [-0.39, 0.29) is 24.4 Å². The summed E-state index contributed by atoms with van der Waals surface area (Å²) in [7, 11) is 1.32. The van der Waals surface area contributed by atoms with Crippen LogP contribution in [0.15, 0.2) is 24.3 Å². The van der Waals surface area contributed by atoms with Crippen molar-refractivity contribution in [3.05, 3.63) is 29.8 Å². The molecule has 1 unspecified atom stereocenters. The number of alkyl halides is 3. The summed E-state index contributed by atoms with van der Waals surface area (Å²) in [5, 5.41) is 2.44. The quantitative estimate of drug-likeness (QED) is 0.825. The van der Waals surface area contributed by atoms with Crippen LogP contribution in [0, 0.1) is 0 Å². The molecule has 0 saturated heterocycles. The van der Waals surface area contributed by atoms with E-state index in [2.05, 4.69) is 10.1 Å². The summed E-state index contributed by atoms with van der Waals surface area (Å²) in [5.41, 5.74) is 5.51. The molecule has 0 fully saturated rings. The van der Waals surface area contributed by atoms with Gasteiger partial charge < -0.3 is 20.5 Å². The average molecular weight is 292 g/mol. The van der Waals surface area contributed by atoms with Gasteiger partial charge in [-0.25, -0.2) is 0 Å². The number of hydrogen-bond acceptors (Lipinski definition) is 4. The highest BCUT2D eigenvalue weighted by atomic mass is 19.4. The van der Waals surface area contributed by atoms with Crippen molar-refractivity contribution in [3.63, 3.8) is 0 Å². The van der Waals surface area contributed by atoms with E-state index < -0.39 is 18.4 Å². The minimum absolute atomic E-state index is 0.0248. The zero-order chi connectivity index (χ0) is 15.2. The second-order valence-electron chi connectivity index (χ2n) is 3.83. The second-order valence-corrected chi connectivity index (χ2v) is 3.83. The molecule has 5 nitrogen and oxygen atoms in total. The van der Waals surface area contributed by atoms with Gasteiger partial charge in [0.05, 0.1) is 0 Å². The number of methoxy groups -OCH3 is 1. The zero-order valence-electron chi connectivity index (χ0n) is 10.7. The first-order valence-corrected chi connectivity index (χ1v) is 5.71. The van der Waals surface area contributed by atoms with E-state index in [1.165, 1.54) is 25.3 Å². The maximum atomic E-state index is 12.2. The van der Waals surface area contributed by atoms with E-state index >= 15 is 0 Å².